The number of aromatic nitrogens is 2. The Balaban J connectivity index is 1.41. The van der Waals surface area contributed by atoms with Gasteiger partial charge in [0.05, 0.1) is 22.9 Å². The van der Waals surface area contributed by atoms with E-state index in [0.717, 1.165) is 54.7 Å². The fraction of sp³-hybridized carbons (Fsp3) is 0.500. The second-order valence-corrected chi connectivity index (χ2v) is 11.7. The average molecular weight is 500 g/mol. The van der Waals surface area contributed by atoms with Crippen LogP contribution in [0.5, 0.6) is 0 Å². The third-order valence-electron chi connectivity index (χ3n) is 6.93. The number of nitrogens with zero attached hydrogens (tertiary/aromatic N) is 3. The topological polar surface area (TPSA) is 98.6 Å². The summed E-state index contributed by atoms with van der Waals surface area (Å²) in [7, 11) is -3.13. The molecule has 9 heteroatoms. The van der Waals surface area contributed by atoms with Crippen molar-refractivity contribution in [1.82, 2.24) is 14.7 Å². The van der Waals surface area contributed by atoms with Gasteiger partial charge in [0.15, 0.2) is 16.4 Å². The highest BCUT2D eigenvalue weighted by molar-refractivity contribution is 7.91. The number of rotatable bonds is 7. The summed E-state index contributed by atoms with van der Waals surface area (Å²) in [6.07, 6.45) is 8.30. The van der Waals surface area contributed by atoms with Crippen molar-refractivity contribution < 1.29 is 22.7 Å². The van der Waals surface area contributed by atoms with E-state index in [4.69, 9.17) is 4.74 Å². The number of benzene rings is 1. The van der Waals surface area contributed by atoms with Crippen LogP contribution in [-0.4, -0.2) is 65.2 Å². The fourth-order valence-electron chi connectivity index (χ4n) is 5.18. The Morgan fingerprint density at radius 1 is 1.09 bits per heavy atom. The minimum atomic E-state index is -3.13. The number of sulfone groups is 1. The molecule has 1 saturated heterocycles. The third-order valence-corrected chi connectivity index (χ3v) is 8.68. The van der Waals surface area contributed by atoms with Crippen LogP contribution in [0.4, 0.5) is 0 Å². The molecule has 1 saturated carbocycles. The van der Waals surface area contributed by atoms with E-state index in [9.17, 15) is 18.0 Å². The van der Waals surface area contributed by atoms with Crippen molar-refractivity contribution in [3.05, 3.63) is 53.4 Å². The van der Waals surface area contributed by atoms with Crippen molar-refractivity contribution in [2.45, 2.75) is 64.5 Å². The molecule has 2 aliphatic rings. The Morgan fingerprint density at radius 3 is 2.46 bits per heavy atom. The molecule has 1 aromatic carbocycles. The van der Waals surface area contributed by atoms with E-state index >= 15 is 0 Å². The maximum absolute atomic E-state index is 13.1. The minimum absolute atomic E-state index is 0.00690. The van der Waals surface area contributed by atoms with Gasteiger partial charge in [-0.3, -0.25) is 4.79 Å². The average Bonchev–Trinajstić information content (AvgIpc) is 3.35. The zero-order valence-electron chi connectivity index (χ0n) is 20.4. The number of aryl methyl sites for hydroxylation is 1. The zero-order chi connectivity index (χ0) is 25.0. The highest BCUT2D eigenvalue weighted by Crippen LogP contribution is 2.28. The first-order valence-corrected chi connectivity index (χ1v) is 14.1. The van der Waals surface area contributed by atoms with Gasteiger partial charge in [-0.05, 0) is 51.3 Å². The summed E-state index contributed by atoms with van der Waals surface area (Å²) in [5.41, 5.74) is 3.41. The van der Waals surface area contributed by atoms with E-state index in [2.05, 4.69) is 5.10 Å². The van der Waals surface area contributed by atoms with Crippen LogP contribution in [0.1, 0.15) is 55.5 Å². The van der Waals surface area contributed by atoms with Crippen molar-refractivity contribution >= 4 is 27.8 Å². The molecule has 1 atom stereocenters. The van der Waals surface area contributed by atoms with Crippen LogP contribution in [0, 0.1) is 13.8 Å². The smallest absolute Gasteiger partial charge is 0.331 e. The summed E-state index contributed by atoms with van der Waals surface area (Å²) in [5.74, 6) is -0.837. The van der Waals surface area contributed by atoms with Crippen LogP contribution in [0.3, 0.4) is 0 Å². The molecule has 1 aliphatic carbocycles. The van der Waals surface area contributed by atoms with E-state index in [1.807, 2.05) is 48.9 Å². The van der Waals surface area contributed by atoms with Crippen molar-refractivity contribution in [1.29, 1.82) is 0 Å². The molecule has 4 rings (SSSR count). The number of carbonyl (C=O) groups excluding carboxylic acids is 2. The highest BCUT2D eigenvalue weighted by Gasteiger charge is 2.38. The standard InChI is InChI=1S/C26H33N3O5S/c1-19-24(20(2)29(27-19)22-11-7-4-8-12-22)13-14-26(31)34-17-25(30)28(21-9-5-3-6-10-21)23-15-16-35(32,33)18-23/h4,7-8,11-14,21,23H,3,5-6,9-10,15-18H2,1-2H3/b14-13+. The van der Waals surface area contributed by atoms with Crippen LogP contribution >= 0.6 is 0 Å². The summed E-state index contributed by atoms with van der Waals surface area (Å²) >= 11 is 0. The van der Waals surface area contributed by atoms with Crippen LogP contribution in [0.2, 0.25) is 0 Å². The molecule has 2 fully saturated rings. The van der Waals surface area contributed by atoms with Gasteiger partial charge in [-0.2, -0.15) is 5.10 Å². The predicted molar refractivity (Wildman–Crippen MR) is 134 cm³/mol. The quantitative estimate of drug-likeness (QED) is 0.428. The van der Waals surface area contributed by atoms with Crippen molar-refractivity contribution in [2.24, 2.45) is 0 Å². The van der Waals surface area contributed by atoms with Crippen molar-refractivity contribution in [3.8, 4) is 5.69 Å². The molecule has 8 nitrogen and oxygen atoms in total. The molecule has 2 aromatic rings. The molecular formula is C26H33N3O5S. The Kier molecular flexibility index (Phi) is 7.74. The van der Waals surface area contributed by atoms with Gasteiger partial charge in [-0.1, -0.05) is 37.5 Å². The largest absolute Gasteiger partial charge is 0.452 e. The molecule has 1 unspecified atom stereocenters. The van der Waals surface area contributed by atoms with Crippen LogP contribution < -0.4 is 0 Å². The molecule has 188 valence electrons. The molecule has 1 aromatic heterocycles. The van der Waals surface area contributed by atoms with Gasteiger partial charge in [0, 0.05) is 29.4 Å². The Labute approximate surface area is 206 Å². The van der Waals surface area contributed by atoms with Crippen molar-refractivity contribution in [2.75, 3.05) is 18.1 Å². The Morgan fingerprint density at radius 2 is 1.80 bits per heavy atom. The van der Waals surface area contributed by atoms with Gasteiger partial charge in [-0.25, -0.2) is 17.9 Å². The lowest BCUT2D eigenvalue weighted by Gasteiger charge is -2.38. The van der Waals surface area contributed by atoms with Gasteiger partial charge >= 0.3 is 5.97 Å². The zero-order valence-corrected chi connectivity index (χ0v) is 21.2. The van der Waals surface area contributed by atoms with E-state index in [-0.39, 0.29) is 29.5 Å². The van der Waals surface area contributed by atoms with Crippen LogP contribution in [0.25, 0.3) is 11.8 Å². The number of hydrogen-bond acceptors (Lipinski definition) is 6. The molecule has 0 spiro atoms. The van der Waals surface area contributed by atoms with Crippen LogP contribution in [0.15, 0.2) is 36.4 Å². The lowest BCUT2D eigenvalue weighted by atomic mass is 9.93. The van der Waals surface area contributed by atoms with Gasteiger partial charge < -0.3 is 9.64 Å². The number of esters is 1. The maximum Gasteiger partial charge on any atom is 0.331 e. The number of para-hydroxylation sites is 1. The molecule has 1 aliphatic heterocycles. The summed E-state index contributed by atoms with van der Waals surface area (Å²) < 4.78 is 31.2. The summed E-state index contributed by atoms with van der Waals surface area (Å²) in [6, 6.07) is 9.41. The van der Waals surface area contributed by atoms with Gasteiger partial charge in [-0.15, -0.1) is 0 Å². The Bertz CT molecular complexity index is 1200. The minimum Gasteiger partial charge on any atom is -0.452 e. The Hall–Kier alpha value is -2.94. The molecule has 1 amide bonds. The van der Waals surface area contributed by atoms with Crippen LogP contribution in [-0.2, 0) is 24.2 Å². The first-order valence-electron chi connectivity index (χ1n) is 12.2. The molecule has 2 heterocycles. The summed E-state index contributed by atoms with van der Waals surface area (Å²) in [5, 5.41) is 4.57. The third kappa shape index (κ3) is 6.01. The number of hydrogen-bond donors (Lipinski definition) is 0. The SMILES string of the molecule is Cc1nn(-c2ccccc2)c(C)c1/C=C/C(=O)OCC(=O)N(C1CCCCC1)C1CCS(=O)(=O)C1. The first-order chi connectivity index (χ1) is 16.7. The highest BCUT2D eigenvalue weighted by atomic mass is 32.2. The summed E-state index contributed by atoms with van der Waals surface area (Å²) in [4.78, 5) is 27.3. The molecule has 0 bridgehead atoms. The second kappa shape index (κ2) is 10.8. The van der Waals surface area contributed by atoms with E-state index < -0.39 is 22.4 Å². The molecular weight excluding hydrogens is 466 g/mol. The second-order valence-electron chi connectivity index (χ2n) is 9.42. The lowest BCUT2D eigenvalue weighted by molar-refractivity contribution is -0.151. The van der Waals surface area contributed by atoms with Crippen molar-refractivity contribution in [3.63, 3.8) is 0 Å². The number of amides is 1. The van der Waals surface area contributed by atoms with Gasteiger partial charge in [0.2, 0.25) is 0 Å². The molecule has 35 heavy (non-hydrogen) atoms. The maximum atomic E-state index is 13.1. The van der Waals surface area contributed by atoms with Gasteiger partial charge in [0.25, 0.3) is 5.91 Å². The van der Waals surface area contributed by atoms with E-state index in [1.165, 1.54) is 6.08 Å². The summed E-state index contributed by atoms with van der Waals surface area (Å²) in [6.45, 7) is 3.41. The van der Waals surface area contributed by atoms with E-state index in [1.54, 1.807) is 11.0 Å². The normalized spacial score (nSPS) is 20.2. The van der Waals surface area contributed by atoms with Gasteiger partial charge in [0.1, 0.15) is 0 Å². The molecule has 0 N–H and O–H groups in total. The first kappa shape index (κ1) is 25.2. The number of ether oxygens (including phenoxy) is 1. The van der Waals surface area contributed by atoms with E-state index in [0.29, 0.717) is 6.42 Å². The molecule has 0 radical (unpaired) electrons. The fourth-order valence-corrected chi connectivity index (χ4v) is 6.89. The monoisotopic (exact) mass is 499 g/mol. The lowest BCUT2D eigenvalue weighted by Crippen LogP contribution is -2.50. The predicted octanol–water partition coefficient (Wildman–Crippen LogP) is 3.39. The number of carbonyl (C=O) groups is 2.